The molecule has 1 nitrogen and oxygen atoms in total. The Morgan fingerprint density at radius 1 is 1.06 bits per heavy atom. The van der Waals surface area contributed by atoms with Crippen LogP contribution in [0.1, 0.15) is 16.7 Å². The predicted octanol–water partition coefficient (Wildman–Crippen LogP) is 4.36. The van der Waals surface area contributed by atoms with Crippen molar-refractivity contribution < 1.29 is 4.74 Å². The van der Waals surface area contributed by atoms with E-state index in [1.165, 1.54) is 16.7 Å². The first kappa shape index (κ1) is 12.2. The van der Waals surface area contributed by atoms with Crippen molar-refractivity contribution in [2.45, 2.75) is 13.3 Å². The van der Waals surface area contributed by atoms with Gasteiger partial charge >= 0.3 is 0 Å². The van der Waals surface area contributed by atoms with Gasteiger partial charge in [-0.3, -0.25) is 0 Å². The van der Waals surface area contributed by atoms with Gasteiger partial charge in [-0.15, -0.1) is 0 Å². The second-order valence-corrected chi connectivity index (χ2v) is 5.03. The van der Waals surface area contributed by atoms with Crippen LogP contribution >= 0.6 is 15.9 Å². The van der Waals surface area contributed by atoms with Crippen LogP contribution in [0.5, 0.6) is 5.75 Å². The molecule has 0 aliphatic heterocycles. The largest absolute Gasteiger partial charge is 0.496 e. The molecule has 17 heavy (non-hydrogen) atoms. The minimum Gasteiger partial charge on any atom is -0.496 e. The van der Waals surface area contributed by atoms with E-state index in [4.69, 9.17) is 4.74 Å². The molecule has 0 heterocycles. The normalized spacial score (nSPS) is 10.3. The van der Waals surface area contributed by atoms with Gasteiger partial charge in [0.1, 0.15) is 5.75 Å². The van der Waals surface area contributed by atoms with Gasteiger partial charge in [-0.25, -0.2) is 0 Å². The fraction of sp³-hybridized carbons (Fsp3) is 0.200. The van der Waals surface area contributed by atoms with Gasteiger partial charge in [0, 0.05) is 10.9 Å². The molecule has 2 heteroatoms. The van der Waals surface area contributed by atoms with E-state index in [9.17, 15) is 0 Å². The summed E-state index contributed by atoms with van der Waals surface area (Å²) >= 11 is 3.49. The fourth-order valence-corrected chi connectivity index (χ4v) is 2.22. The summed E-state index contributed by atoms with van der Waals surface area (Å²) in [5, 5.41) is 0. The Labute approximate surface area is 111 Å². The van der Waals surface area contributed by atoms with Gasteiger partial charge in [-0.1, -0.05) is 45.8 Å². The molecule has 0 bridgehead atoms. The van der Waals surface area contributed by atoms with Crippen molar-refractivity contribution in [3.63, 3.8) is 0 Å². The minimum absolute atomic E-state index is 0.892. The van der Waals surface area contributed by atoms with Crippen molar-refractivity contribution in [3.8, 4) is 5.75 Å². The van der Waals surface area contributed by atoms with Gasteiger partial charge in [0.25, 0.3) is 0 Å². The molecule has 0 spiro atoms. The molecule has 0 aliphatic rings. The van der Waals surface area contributed by atoms with Gasteiger partial charge < -0.3 is 4.74 Å². The highest BCUT2D eigenvalue weighted by Crippen LogP contribution is 2.25. The molecule has 0 unspecified atom stereocenters. The standard InChI is InChI=1S/C15H15BrO/c1-11-3-5-12(6-4-11)9-13-10-14(16)7-8-15(13)17-2/h3-8,10H,9H2,1-2H3. The lowest BCUT2D eigenvalue weighted by molar-refractivity contribution is 0.410. The minimum atomic E-state index is 0.892. The zero-order valence-corrected chi connectivity index (χ0v) is 11.6. The first-order valence-electron chi connectivity index (χ1n) is 5.57. The summed E-state index contributed by atoms with van der Waals surface area (Å²) in [4.78, 5) is 0. The molecule has 0 saturated heterocycles. The van der Waals surface area contributed by atoms with Gasteiger partial charge in [-0.05, 0) is 36.2 Å². The molecule has 0 radical (unpaired) electrons. The summed E-state index contributed by atoms with van der Waals surface area (Å²) in [6.07, 6.45) is 0.892. The number of rotatable bonds is 3. The first-order chi connectivity index (χ1) is 8.19. The third-order valence-electron chi connectivity index (χ3n) is 2.76. The first-order valence-corrected chi connectivity index (χ1v) is 6.36. The van der Waals surface area contributed by atoms with E-state index < -0.39 is 0 Å². The summed E-state index contributed by atoms with van der Waals surface area (Å²) in [7, 11) is 1.71. The number of halogens is 1. The maximum Gasteiger partial charge on any atom is 0.122 e. The quantitative estimate of drug-likeness (QED) is 0.816. The molecule has 2 aromatic carbocycles. The van der Waals surface area contributed by atoms with E-state index in [0.717, 1.165) is 16.6 Å². The number of methoxy groups -OCH3 is 1. The van der Waals surface area contributed by atoms with E-state index in [1.54, 1.807) is 7.11 Å². The predicted molar refractivity (Wildman–Crippen MR) is 74.7 cm³/mol. The van der Waals surface area contributed by atoms with Gasteiger partial charge in [0.05, 0.1) is 7.11 Å². The Morgan fingerprint density at radius 3 is 2.41 bits per heavy atom. The Bertz CT molecular complexity index is 503. The maximum atomic E-state index is 5.38. The summed E-state index contributed by atoms with van der Waals surface area (Å²) < 4.78 is 6.46. The average molecular weight is 291 g/mol. The highest BCUT2D eigenvalue weighted by molar-refractivity contribution is 9.10. The van der Waals surface area contributed by atoms with E-state index in [1.807, 2.05) is 12.1 Å². The second kappa shape index (κ2) is 5.37. The summed E-state index contributed by atoms with van der Waals surface area (Å²) in [5.41, 5.74) is 3.78. The fourth-order valence-electron chi connectivity index (χ4n) is 1.81. The van der Waals surface area contributed by atoms with E-state index in [-0.39, 0.29) is 0 Å². The molecule has 0 aliphatic carbocycles. The Hall–Kier alpha value is -1.28. The molecule has 0 fully saturated rings. The van der Waals surface area contributed by atoms with Gasteiger partial charge in [0.2, 0.25) is 0 Å². The van der Waals surface area contributed by atoms with Crippen LogP contribution in [-0.4, -0.2) is 7.11 Å². The van der Waals surface area contributed by atoms with Gasteiger partial charge in [0.15, 0.2) is 0 Å². The van der Waals surface area contributed by atoms with E-state index in [0.29, 0.717) is 0 Å². The lowest BCUT2D eigenvalue weighted by Gasteiger charge is -2.09. The molecular formula is C15H15BrO. The molecule has 0 amide bonds. The number of benzene rings is 2. The molecule has 0 aromatic heterocycles. The van der Waals surface area contributed by atoms with E-state index in [2.05, 4.69) is 53.2 Å². The van der Waals surface area contributed by atoms with Crippen LogP contribution in [0.15, 0.2) is 46.9 Å². The molecule has 2 aromatic rings. The molecular weight excluding hydrogens is 276 g/mol. The molecule has 0 atom stereocenters. The van der Waals surface area contributed by atoms with Crippen molar-refractivity contribution in [2.24, 2.45) is 0 Å². The van der Waals surface area contributed by atoms with Crippen LogP contribution in [0.4, 0.5) is 0 Å². The maximum absolute atomic E-state index is 5.38. The third-order valence-corrected chi connectivity index (χ3v) is 3.25. The number of aryl methyl sites for hydroxylation is 1. The summed E-state index contributed by atoms with van der Waals surface area (Å²) in [5.74, 6) is 0.939. The average Bonchev–Trinajstić information content (AvgIpc) is 2.32. The van der Waals surface area contributed by atoms with Crippen molar-refractivity contribution in [2.75, 3.05) is 7.11 Å². The SMILES string of the molecule is COc1ccc(Br)cc1Cc1ccc(C)cc1. The summed E-state index contributed by atoms with van der Waals surface area (Å²) in [6, 6.07) is 14.7. The molecule has 0 N–H and O–H groups in total. The van der Waals surface area contributed by atoms with Crippen molar-refractivity contribution >= 4 is 15.9 Å². The molecule has 2 rings (SSSR count). The number of hydrogen-bond acceptors (Lipinski definition) is 1. The van der Waals surface area contributed by atoms with Crippen LogP contribution in [-0.2, 0) is 6.42 Å². The zero-order chi connectivity index (χ0) is 12.3. The number of ether oxygens (including phenoxy) is 1. The van der Waals surface area contributed by atoms with Crippen LogP contribution in [0.3, 0.4) is 0 Å². The number of hydrogen-bond donors (Lipinski definition) is 0. The van der Waals surface area contributed by atoms with Crippen LogP contribution in [0.25, 0.3) is 0 Å². The van der Waals surface area contributed by atoms with Crippen molar-refractivity contribution in [3.05, 3.63) is 63.6 Å². The second-order valence-electron chi connectivity index (χ2n) is 4.12. The molecule has 0 saturated carbocycles. The monoisotopic (exact) mass is 290 g/mol. The van der Waals surface area contributed by atoms with Crippen molar-refractivity contribution in [1.82, 2.24) is 0 Å². The highest BCUT2D eigenvalue weighted by Gasteiger charge is 2.04. The van der Waals surface area contributed by atoms with Crippen LogP contribution < -0.4 is 4.74 Å². The lowest BCUT2D eigenvalue weighted by atomic mass is 10.0. The Morgan fingerprint density at radius 2 is 1.76 bits per heavy atom. The topological polar surface area (TPSA) is 9.23 Å². The zero-order valence-electron chi connectivity index (χ0n) is 10.0. The summed E-state index contributed by atoms with van der Waals surface area (Å²) in [6.45, 7) is 2.10. The molecule has 88 valence electrons. The smallest absolute Gasteiger partial charge is 0.122 e. The Kier molecular flexibility index (Phi) is 3.85. The lowest BCUT2D eigenvalue weighted by Crippen LogP contribution is -1.94. The Balaban J connectivity index is 2.28. The van der Waals surface area contributed by atoms with Crippen LogP contribution in [0.2, 0.25) is 0 Å². The third kappa shape index (κ3) is 3.10. The van der Waals surface area contributed by atoms with Gasteiger partial charge in [-0.2, -0.15) is 0 Å². The van der Waals surface area contributed by atoms with Crippen LogP contribution in [0, 0.1) is 6.92 Å². The highest BCUT2D eigenvalue weighted by atomic mass is 79.9. The van der Waals surface area contributed by atoms with E-state index >= 15 is 0 Å². The van der Waals surface area contributed by atoms with Crippen molar-refractivity contribution in [1.29, 1.82) is 0 Å².